The number of phenols is 3. The number of carboxylic acids is 1. The second kappa shape index (κ2) is 39.4. The van der Waals surface area contributed by atoms with Crippen LogP contribution in [-0.2, 0) is 65.7 Å². The molecule has 0 radical (unpaired) electrons. The van der Waals surface area contributed by atoms with E-state index in [1.807, 2.05) is 83.5 Å². The molecule has 38 heteroatoms. The van der Waals surface area contributed by atoms with E-state index in [9.17, 15) is 65.4 Å². The lowest BCUT2D eigenvalue weighted by Gasteiger charge is -2.47. The summed E-state index contributed by atoms with van der Waals surface area (Å²) in [6.07, 6.45) is -15.4. The third-order valence-corrected chi connectivity index (χ3v) is 23.1. The van der Waals surface area contributed by atoms with Gasteiger partial charge in [-0.15, -0.1) is 0 Å². The minimum Gasteiger partial charge on any atom is -0.507 e. The lowest BCUT2D eigenvalue weighted by molar-refractivity contribution is -0.869. The molecule has 2 saturated heterocycles. The number of rotatable bonds is 23. The van der Waals surface area contributed by atoms with Crippen molar-refractivity contribution in [2.75, 3.05) is 47.9 Å². The SMILES string of the molecule is CN[C@H](CC(C)C)C(=O)N[C@H]1C(=O)N[C@@H](CC(N)=O)C(=O)N[C@H]2C(=O)N[C@H]3C(=O)NC(C(=O)N[C@@H](C(=O)O)c4cc(O)c(CNCC[N+](C)(C)C)c(O)c4-c4cc3ccc4O)[C@H](OC3C[C@](C)(NCc4cccc(/C=C/c5ccc(Cl)cc5)c4)[C@@H](O)[C@H](C)O3)c3ccc(c(Cl)c3)Oc3cc2cc(c3O[C@@H]2O[C@H](CO)[C@@H](O)[C@H](O)[C@H]2O)Oc2ccc(cc2Cl)[C@H]1O. The van der Waals surface area contributed by atoms with E-state index in [1.54, 1.807) is 26.0 Å². The molecule has 7 aliphatic rings. The molecule has 0 aromatic heterocycles. The Hall–Kier alpha value is -10.8. The standard InChI is InChI=1S/C87H100Cl3N11O24/c1-39(2)26-54(92-5)79(112)99-69-71(106)45-17-22-58(52(89)29-45)121-60-31-47-32-61(77(60)125-86-75(110)74(109)73(108)62(38-102)123-86)122-59-23-18-46(30-53(59)90)76(124-64-35-87(4,78(111)40(3)120-64)94-36-43-11-9-10-42(27-43)13-12-41-14-19-48(88)20-15-41)70-84(117)98-68(85(118)119)50-33-57(104)51(37-93-24-25-101(6,7)8)72(107)65(50)49-28-44(16-21-56(49)103)66(81(114)100-70)97-82(115)67(47)96-80(113)55(34-63(91)105)95-83(69)116/h9-23,27-33,39-40,54-55,62,64,66-71,73-76,78,86,92-94,102,106,108-111H,24-26,34-38H2,1-8H3,(H11-,91,95,96,97,98,99,100,103,104,105,107,112,113,114,115,116,117,118,119)/p+1/b13-12+/t40-,54+,55-,62+,64?,66+,67+,68+,69+,70?,71+,73+,74-,75+,76+,78-,86-,87-/m0/s1. The van der Waals surface area contributed by atoms with Crippen molar-refractivity contribution in [1.82, 2.24) is 47.9 Å². The van der Waals surface area contributed by atoms with E-state index >= 15 is 24.0 Å². The van der Waals surface area contributed by atoms with Crippen LogP contribution in [0.15, 0.2) is 121 Å². The topological polar surface area (TPSA) is 529 Å². The van der Waals surface area contributed by atoms with Gasteiger partial charge in [0.2, 0.25) is 53.4 Å². The quantitative estimate of drug-likeness (QED) is 0.0237. The Kier molecular flexibility index (Phi) is 29.4. The van der Waals surface area contributed by atoms with Crippen LogP contribution >= 0.6 is 34.8 Å². The predicted octanol–water partition coefficient (Wildman–Crippen LogP) is 4.56. The summed E-state index contributed by atoms with van der Waals surface area (Å²) in [5.74, 6) is -16.0. The third kappa shape index (κ3) is 21.7. The molecule has 7 heterocycles. The highest BCUT2D eigenvalue weighted by atomic mass is 35.5. The monoisotopic (exact) mass is 1790 g/mol. The number of primary amides is 1. The van der Waals surface area contributed by atoms with Crippen LogP contribution in [0.5, 0.6) is 46.0 Å². The van der Waals surface area contributed by atoms with Crippen molar-refractivity contribution in [3.05, 3.63) is 186 Å². The number of halogens is 3. The molecule has 21 N–H and O–H groups in total. The molecule has 18 atom stereocenters. The molecular weight excluding hydrogens is 1690 g/mol. The molecule has 0 saturated carbocycles. The number of nitrogens with two attached hydrogens (primary N) is 1. The molecular formula is C87H101Cl3N11O24+. The number of carbonyl (C=O) groups is 8. The number of quaternary nitrogens is 1. The fraction of sp³-hybridized carbons (Fsp3) is 0.402. The van der Waals surface area contributed by atoms with Crippen molar-refractivity contribution in [2.24, 2.45) is 11.7 Å². The average Bonchev–Trinajstić information content (AvgIpc) is 0.754. The fourth-order valence-electron chi connectivity index (χ4n) is 15.4. The number of aliphatic hydroxyl groups is 6. The van der Waals surface area contributed by atoms with Crippen LogP contribution in [0.2, 0.25) is 15.1 Å². The van der Waals surface area contributed by atoms with Crippen molar-refractivity contribution in [2.45, 2.75) is 169 Å². The lowest BCUT2D eigenvalue weighted by Crippen LogP contribution is -2.63. The third-order valence-electron chi connectivity index (χ3n) is 22.2. The number of phenolic OH excluding ortho intramolecular Hbond substituents is 3. The first-order valence-corrected chi connectivity index (χ1v) is 41.3. The summed E-state index contributed by atoms with van der Waals surface area (Å²) in [7, 11) is 7.24. The summed E-state index contributed by atoms with van der Waals surface area (Å²) in [4.78, 5) is 122. The van der Waals surface area contributed by atoms with Crippen molar-refractivity contribution in [3.8, 4) is 57.1 Å². The maximum atomic E-state index is 16.6. The number of carboxylic acid groups (broad SMARTS) is 1. The Labute approximate surface area is 733 Å². The van der Waals surface area contributed by atoms with E-state index in [1.165, 1.54) is 37.4 Å². The number of fused-ring (bicyclic) bond motifs is 15. The summed E-state index contributed by atoms with van der Waals surface area (Å²) in [6.45, 7) is 6.55. The molecule has 125 heavy (non-hydrogen) atoms. The first-order valence-electron chi connectivity index (χ1n) is 40.2. The Bertz CT molecular complexity index is 5260. The second-order valence-corrected chi connectivity index (χ2v) is 34.3. The van der Waals surface area contributed by atoms with Crippen LogP contribution in [0.3, 0.4) is 0 Å². The number of amides is 7. The van der Waals surface area contributed by atoms with Gasteiger partial charge in [0.15, 0.2) is 23.8 Å². The van der Waals surface area contributed by atoms with Crippen molar-refractivity contribution >= 4 is 94.3 Å². The molecule has 7 aromatic rings. The first kappa shape index (κ1) is 93.3. The van der Waals surface area contributed by atoms with E-state index in [-0.39, 0.29) is 71.4 Å². The highest BCUT2D eigenvalue weighted by Crippen LogP contribution is 2.51. The number of nitrogens with zero attached hydrogens (tertiary/aromatic N) is 1. The summed E-state index contributed by atoms with van der Waals surface area (Å²) >= 11 is 20.7. The van der Waals surface area contributed by atoms with Gasteiger partial charge >= 0.3 is 5.97 Å². The van der Waals surface area contributed by atoms with Crippen LogP contribution in [0.25, 0.3) is 23.3 Å². The smallest absolute Gasteiger partial charge is 0.330 e. The molecule has 35 nitrogen and oxygen atoms in total. The highest BCUT2D eigenvalue weighted by molar-refractivity contribution is 6.32. The van der Waals surface area contributed by atoms with E-state index in [0.29, 0.717) is 16.1 Å². The summed E-state index contributed by atoms with van der Waals surface area (Å²) in [5, 5.41) is 142. The zero-order valence-corrected chi connectivity index (χ0v) is 71.4. The number of aliphatic carboxylic acids is 1. The zero-order chi connectivity index (χ0) is 90.5. The molecule has 0 spiro atoms. The number of hydrogen-bond acceptors (Lipinski definition) is 26. The molecule has 668 valence electrons. The zero-order valence-electron chi connectivity index (χ0n) is 69.1. The summed E-state index contributed by atoms with van der Waals surface area (Å²) in [6, 6.07) is 13.7. The van der Waals surface area contributed by atoms with E-state index < -0.39 is 237 Å². The van der Waals surface area contributed by atoms with Gasteiger partial charge in [0.1, 0.15) is 95.6 Å². The summed E-state index contributed by atoms with van der Waals surface area (Å²) in [5.41, 5.74) is 3.99. The van der Waals surface area contributed by atoms with Gasteiger partial charge in [-0.1, -0.05) is 115 Å². The van der Waals surface area contributed by atoms with Gasteiger partial charge in [0.25, 0.3) is 0 Å². The largest absolute Gasteiger partial charge is 0.507 e. The number of benzene rings is 7. The van der Waals surface area contributed by atoms with E-state index in [2.05, 4.69) is 47.9 Å². The fourth-order valence-corrected chi connectivity index (χ4v) is 16.0. The number of aromatic hydroxyl groups is 3. The van der Waals surface area contributed by atoms with Crippen LogP contribution < -0.4 is 67.8 Å². The number of carbonyl (C=O) groups excluding carboxylic acids is 7. The molecule has 7 aromatic carbocycles. The van der Waals surface area contributed by atoms with Crippen LogP contribution in [0.1, 0.15) is 127 Å². The average molecular weight is 1790 g/mol. The Balaban J connectivity index is 1.08. The molecule has 14 rings (SSSR count). The molecule has 7 amide bonds. The Morgan fingerprint density at radius 1 is 0.688 bits per heavy atom. The normalized spacial score (nSPS) is 26.2. The van der Waals surface area contributed by atoms with Crippen LogP contribution in [-0.4, -0.2) is 230 Å². The van der Waals surface area contributed by atoms with Gasteiger partial charge in [-0.3, -0.25) is 33.6 Å². The highest BCUT2D eigenvalue weighted by Gasteiger charge is 2.50. The van der Waals surface area contributed by atoms with Gasteiger partial charge in [-0.25, -0.2) is 4.79 Å². The number of aliphatic hydroxyl groups excluding tert-OH is 6. The molecule has 2 unspecified atom stereocenters. The minimum absolute atomic E-state index is 0.110. The predicted molar refractivity (Wildman–Crippen MR) is 453 cm³/mol. The van der Waals surface area contributed by atoms with Gasteiger partial charge in [-0.05, 0) is 139 Å². The van der Waals surface area contributed by atoms with Gasteiger partial charge in [-0.2, -0.15) is 0 Å². The minimum atomic E-state index is -2.38. The van der Waals surface area contributed by atoms with Gasteiger partial charge < -0.3 is 138 Å². The molecule has 2 fully saturated rings. The molecule has 0 aliphatic carbocycles. The van der Waals surface area contributed by atoms with Crippen molar-refractivity contribution < 1.29 is 122 Å². The van der Waals surface area contributed by atoms with E-state index in [0.717, 1.165) is 59.2 Å². The lowest BCUT2D eigenvalue weighted by atomic mass is 9.84. The van der Waals surface area contributed by atoms with Crippen molar-refractivity contribution in [3.63, 3.8) is 0 Å². The van der Waals surface area contributed by atoms with Crippen LogP contribution in [0.4, 0.5) is 0 Å². The second-order valence-electron chi connectivity index (χ2n) is 33.1. The number of nitrogens with one attached hydrogen (secondary N) is 9. The summed E-state index contributed by atoms with van der Waals surface area (Å²) < 4.78 is 39.7. The number of hydrogen-bond donors (Lipinski definition) is 20. The number of likely N-dealkylation sites (N-methyl/N-ethyl adjacent to an activating group) is 2. The maximum absolute atomic E-state index is 16.6. The molecule has 11 bridgehead atoms. The van der Waals surface area contributed by atoms with Gasteiger partial charge in [0, 0.05) is 53.3 Å². The first-order chi connectivity index (χ1) is 59.2. The van der Waals surface area contributed by atoms with Gasteiger partial charge in [0.05, 0.1) is 74.6 Å². The van der Waals surface area contributed by atoms with Crippen LogP contribution in [0, 0.1) is 5.92 Å². The van der Waals surface area contributed by atoms with E-state index in [4.69, 9.17) is 69.0 Å². The maximum Gasteiger partial charge on any atom is 0.330 e. The Morgan fingerprint density at radius 2 is 1.33 bits per heavy atom. The Morgan fingerprint density at radius 3 is 1.97 bits per heavy atom. The molecule has 7 aliphatic heterocycles. The van der Waals surface area contributed by atoms with Crippen molar-refractivity contribution in [1.29, 1.82) is 0 Å². The number of ether oxygens (including phenoxy) is 6.